The Labute approximate surface area is 199 Å². The van der Waals surface area contributed by atoms with Gasteiger partial charge in [0, 0.05) is 11.1 Å². The van der Waals surface area contributed by atoms with Crippen molar-refractivity contribution in [2.75, 3.05) is 7.11 Å². The molecule has 4 rings (SSSR count). The molecule has 1 aliphatic carbocycles. The molecule has 6 heteroatoms. The van der Waals surface area contributed by atoms with Gasteiger partial charge in [0.25, 0.3) is 11.8 Å². The summed E-state index contributed by atoms with van der Waals surface area (Å²) in [4.78, 5) is 25.9. The number of ether oxygens (including phenoxy) is 1. The summed E-state index contributed by atoms with van der Waals surface area (Å²) < 4.78 is 5.20. The van der Waals surface area contributed by atoms with Gasteiger partial charge in [0.15, 0.2) is 0 Å². The summed E-state index contributed by atoms with van der Waals surface area (Å²) in [6.45, 7) is 0. The van der Waals surface area contributed by atoms with Gasteiger partial charge in [0.05, 0.1) is 12.8 Å². The zero-order valence-electron chi connectivity index (χ0n) is 19.1. The third-order valence-electron chi connectivity index (χ3n) is 5.69. The van der Waals surface area contributed by atoms with Gasteiger partial charge in [-0.1, -0.05) is 54.6 Å². The van der Waals surface area contributed by atoms with E-state index in [1.165, 1.54) is 5.56 Å². The molecule has 6 nitrogen and oxygen atoms in total. The molecule has 0 aromatic heterocycles. The number of carbonyl (C=O) groups is 2. The van der Waals surface area contributed by atoms with Crippen LogP contribution in [-0.4, -0.2) is 24.6 Å². The van der Waals surface area contributed by atoms with Crippen LogP contribution in [0.5, 0.6) is 5.75 Å². The van der Waals surface area contributed by atoms with Gasteiger partial charge in [-0.3, -0.25) is 9.59 Å². The van der Waals surface area contributed by atoms with Gasteiger partial charge >= 0.3 is 0 Å². The molecule has 0 fully saturated rings. The zero-order chi connectivity index (χ0) is 23.8. The maximum absolute atomic E-state index is 13.2. The second-order valence-corrected chi connectivity index (χ2v) is 8.02. The summed E-state index contributed by atoms with van der Waals surface area (Å²) >= 11 is 0. The van der Waals surface area contributed by atoms with Crippen molar-refractivity contribution in [2.24, 2.45) is 5.10 Å². The first-order chi connectivity index (χ1) is 16.6. The lowest BCUT2D eigenvalue weighted by Crippen LogP contribution is -2.33. The lowest BCUT2D eigenvalue weighted by Gasteiger charge is -2.11. The fourth-order valence-corrected chi connectivity index (χ4v) is 3.87. The van der Waals surface area contributed by atoms with E-state index in [2.05, 4.69) is 21.9 Å². The summed E-state index contributed by atoms with van der Waals surface area (Å²) in [5.74, 6) is -0.160. The van der Waals surface area contributed by atoms with Crippen LogP contribution in [-0.2, 0) is 11.2 Å². The molecule has 0 radical (unpaired) electrons. The van der Waals surface area contributed by atoms with Crippen LogP contribution in [0.2, 0.25) is 0 Å². The molecular weight excluding hydrogens is 426 g/mol. The minimum absolute atomic E-state index is 0.102. The minimum Gasteiger partial charge on any atom is -0.497 e. The second-order valence-electron chi connectivity index (χ2n) is 8.02. The Bertz CT molecular complexity index is 1220. The third kappa shape index (κ3) is 5.78. The van der Waals surface area contributed by atoms with E-state index in [0.29, 0.717) is 11.3 Å². The number of amides is 2. The summed E-state index contributed by atoms with van der Waals surface area (Å²) in [5.41, 5.74) is 7.11. The molecule has 0 saturated carbocycles. The number of carbonyl (C=O) groups excluding carboxylic acids is 2. The predicted octanol–water partition coefficient (Wildman–Crippen LogP) is 4.71. The van der Waals surface area contributed by atoms with E-state index in [1.807, 2.05) is 36.4 Å². The van der Waals surface area contributed by atoms with Crippen molar-refractivity contribution in [3.63, 3.8) is 0 Å². The van der Waals surface area contributed by atoms with Crippen molar-refractivity contribution < 1.29 is 14.3 Å². The number of hydrogen-bond acceptors (Lipinski definition) is 4. The van der Waals surface area contributed by atoms with E-state index in [4.69, 9.17) is 4.74 Å². The molecule has 1 aliphatic rings. The first-order valence-electron chi connectivity index (χ1n) is 11.3. The number of rotatable bonds is 6. The number of benzene rings is 3. The molecule has 0 unspecified atom stereocenters. The van der Waals surface area contributed by atoms with Crippen molar-refractivity contribution >= 4 is 23.6 Å². The van der Waals surface area contributed by atoms with E-state index < -0.39 is 5.91 Å². The zero-order valence-corrected chi connectivity index (χ0v) is 19.1. The van der Waals surface area contributed by atoms with Crippen LogP contribution in [0.1, 0.15) is 46.3 Å². The highest BCUT2D eigenvalue weighted by molar-refractivity contribution is 6.07. The maximum atomic E-state index is 13.2. The standard InChI is InChI=1S/C28H27N3O3/c1-34-23-17-15-20(16-18-23)19-26(29-27(32)22-11-3-2-4-12-22)28(33)31-30-25-14-8-6-10-21-9-5-7-13-24(21)25/h2-5,7,9,11-13,15-19H,6,8,10,14H2,1H3,(H,29,32)(H,31,33). The second kappa shape index (κ2) is 11.1. The largest absolute Gasteiger partial charge is 0.497 e. The third-order valence-corrected chi connectivity index (χ3v) is 5.69. The molecule has 3 aromatic rings. The Balaban J connectivity index is 1.60. The Morgan fingerprint density at radius 1 is 0.882 bits per heavy atom. The van der Waals surface area contributed by atoms with Crippen LogP contribution in [0, 0.1) is 0 Å². The lowest BCUT2D eigenvalue weighted by atomic mass is 10.0. The van der Waals surface area contributed by atoms with Gasteiger partial charge in [-0.2, -0.15) is 5.10 Å². The number of nitrogens with zero attached hydrogens (tertiary/aromatic N) is 1. The Morgan fingerprint density at radius 2 is 1.59 bits per heavy atom. The average Bonchev–Trinajstić information content (AvgIpc) is 3.10. The minimum atomic E-state index is -0.491. The molecule has 0 atom stereocenters. The first kappa shape index (κ1) is 23.0. The van der Waals surface area contributed by atoms with Gasteiger partial charge in [-0.05, 0) is 67.2 Å². The van der Waals surface area contributed by atoms with E-state index in [0.717, 1.165) is 42.5 Å². The van der Waals surface area contributed by atoms with E-state index in [-0.39, 0.29) is 11.6 Å². The predicted molar refractivity (Wildman–Crippen MR) is 134 cm³/mol. The highest BCUT2D eigenvalue weighted by Crippen LogP contribution is 2.21. The van der Waals surface area contributed by atoms with Crippen molar-refractivity contribution in [3.8, 4) is 5.75 Å². The molecule has 0 aliphatic heterocycles. The highest BCUT2D eigenvalue weighted by Gasteiger charge is 2.17. The summed E-state index contributed by atoms with van der Waals surface area (Å²) in [7, 11) is 1.59. The number of hydrogen-bond donors (Lipinski definition) is 2. The first-order valence-corrected chi connectivity index (χ1v) is 11.3. The van der Waals surface area contributed by atoms with E-state index >= 15 is 0 Å². The number of hydrazone groups is 1. The van der Waals surface area contributed by atoms with Crippen molar-refractivity contribution in [2.45, 2.75) is 25.7 Å². The summed E-state index contributed by atoms with van der Waals surface area (Å²) in [5, 5.41) is 7.20. The topological polar surface area (TPSA) is 79.8 Å². The molecule has 2 amide bonds. The van der Waals surface area contributed by atoms with Crippen LogP contribution in [0.3, 0.4) is 0 Å². The molecule has 172 valence electrons. The number of aryl methyl sites for hydroxylation is 1. The summed E-state index contributed by atoms with van der Waals surface area (Å²) in [6.07, 6.45) is 5.49. The van der Waals surface area contributed by atoms with Crippen LogP contribution in [0.4, 0.5) is 0 Å². The Hall–Kier alpha value is -4.19. The molecule has 0 heterocycles. The van der Waals surface area contributed by atoms with Crippen LogP contribution < -0.4 is 15.5 Å². The van der Waals surface area contributed by atoms with Crippen molar-refractivity contribution in [1.29, 1.82) is 0 Å². The lowest BCUT2D eigenvalue weighted by molar-refractivity contribution is -0.117. The molecule has 2 N–H and O–H groups in total. The fraction of sp³-hybridized carbons (Fsp3) is 0.179. The normalized spacial score (nSPS) is 14.6. The van der Waals surface area contributed by atoms with E-state index in [1.54, 1.807) is 49.6 Å². The SMILES string of the molecule is COc1ccc(C=C(NC(=O)c2ccccc2)C(=O)NN=C2CCCCc3ccccc32)cc1. The van der Waals surface area contributed by atoms with E-state index in [9.17, 15) is 9.59 Å². The molecule has 0 saturated heterocycles. The fourth-order valence-electron chi connectivity index (χ4n) is 3.87. The number of fused-ring (bicyclic) bond motifs is 1. The van der Waals surface area contributed by atoms with Gasteiger partial charge < -0.3 is 10.1 Å². The molecule has 0 bridgehead atoms. The van der Waals surface area contributed by atoms with Crippen molar-refractivity contribution in [1.82, 2.24) is 10.7 Å². The average molecular weight is 454 g/mol. The Kier molecular flexibility index (Phi) is 7.50. The summed E-state index contributed by atoms with van der Waals surface area (Å²) in [6, 6.07) is 24.1. The molecule has 3 aromatic carbocycles. The number of methoxy groups -OCH3 is 1. The molecule has 34 heavy (non-hydrogen) atoms. The van der Waals surface area contributed by atoms with Crippen LogP contribution in [0.15, 0.2) is 89.7 Å². The smallest absolute Gasteiger partial charge is 0.287 e. The molecule has 0 spiro atoms. The number of nitrogens with one attached hydrogen (secondary N) is 2. The van der Waals surface area contributed by atoms with Gasteiger partial charge in [0.2, 0.25) is 0 Å². The van der Waals surface area contributed by atoms with Gasteiger partial charge in [-0.15, -0.1) is 0 Å². The Morgan fingerprint density at radius 3 is 2.35 bits per heavy atom. The van der Waals surface area contributed by atoms with Gasteiger partial charge in [0.1, 0.15) is 11.4 Å². The maximum Gasteiger partial charge on any atom is 0.287 e. The molecular formula is C28H27N3O3. The van der Waals surface area contributed by atoms with Crippen molar-refractivity contribution in [3.05, 3.63) is 107 Å². The van der Waals surface area contributed by atoms with Crippen LogP contribution in [0.25, 0.3) is 6.08 Å². The van der Waals surface area contributed by atoms with Gasteiger partial charge in [-0.25, -0.2) is 5.43 Å². The quantitative estimate of drug-likeness (QED) is 0.322. The van der Waals surface area contributed by atoms with Crippen LogP contribution >= 0.6 is 0 Å². The monoisotopic (exact) mass is 453 g/mol. The highest BCUT2D eigenvalue weighted by atomic mass is 16.5.